The van der Waals surface area contributed by atoms with Crippen LogP contribution in [0.2, 0.25) is 0 Å². The van der Waals surface area contributed by atoms with E-state index < -0.39 is 0 Å². The summed E-state index contributed by atoms with van der Waals surface area (Å²) in [7, 11) is 0. The van der Waals surface area contributed by atoms with E-state index in [2.05, 4.69) is 70.7 Å². The number of pyridine rings is 1. The van der Waals surface area contributed by atoms with Gasteiger partial charge >= 0.3 is 94.3 Å². The van der Waals surface area contributed by atoms with E-state index >= 15 is 0 Å². The van der Waals surface area contributed by atoms with Crippen LogP contribution in [0.1, 0.15) is 82.8 Å². The molecule has 0 N–H and O–H groups in total. The first-order valence-electron chi connectivity index (χ1n) is 11.9. The molecule has 1 heterocycles. The second-order valence-corrected chi connectivity index (χ2v) is 9.22. The van der Waals surface area contributed by atoms with E-state index in [1.807, 2.05) is 12.1 Å². The predicted octanol–water partition coefficient (Wildman–Crippen LogP) is 8.26. The molecule has 4 nitrogen and oxygen atoms in total. The molecule has 0 bridgehead atoms. The van der Waals surface area contributed by atoms with Crippen LogP contribution in [0.4, 0.5) is 5.69 Å². The maximum Gasteiger partial charge on any atom is 0.211 e. The molecule has 0 amide bonds. The van der Waals surface area contributed by atoms with Gasteiger partial charge in [-0.1, -0.05) is 66.7 Å². The van der Waals surface area contributed by atoms with Crippen molar-refractivity contribution in [1.82, 2.24) is 4.98 Å². The van der Waals surface area contributed by atoms with E-state index in [0.717, 1.165) is 5.69 Å². The van der Waals surface area contributed by atoms with Crippen LogP contribution in [0, 0.1) is 0 Å². The minimum atomic E-state index is -0.191. The van der Waals surface area contributed by atoms with Gasteiger partial charge in [0.2, 0.25) is 11.6 Å². The molecule has 0 saturated carbocycles. The first-order chi connectivity index (χ1) is 17.3. The van der Waals surface area contributed by atoms with Gasteiger partial charge in [0, 0.05) is 11.1 Å². The quantitative estimate of drug-likeness (QED) is 0.171. The van der Waals surface area contributed by atoms with Gasteiger partial charge in [-0.15, -0.1) is 12.4 Å². The summed E-state index contributed by atoms with van der Waals surface area (Å²) >= 11 is 3.67. The first kappa shape index (κ1) is 30.0. The van der Waals surface area contributed by atoms with Crippen molar-refractivity contribution in [3.05, 3.63) is 131 Å². The Bertz CT molecular complexity index is 1250. The van der Waals surface area contributed by atoms with Gasteiger partial charge in [0.15, 0.2) is 0 Å². The van der Waals surface area contributed by atoms with Crippen molar-refractivity contribution in [3.63, 3.8) is 0 Å². The van der Waals surface area contributed by atoms with E-state index in [4.69, 9.17) is 0 Å². The summed E-state index contributed by atoms with van der Waals surface area (Å²) in [6.07, 6.45) is 0. The Labute approximate surface area is 233 Å². The fourth-order valence-electron chi connectivity index (χ4n) is 3.77. The van der Waals surface area contributed by atoms with Crippen LogP contribution in [-0.2, 0) is 15.8 Å². The molecule has 0 radical (unpaired) electrons. The number of ketones is 2. The molecule has 0 spiro atoms. The van der Waals surface area contributed by atoms with E-state index in [-0.39, 0.29) is 35.4 Å². The van der Waals surface area contributed by atoms with Gasteiger partial charge in [0.1, 0.15) is 11.4 Å². The average Bonchev–Trinajstić information content (AvgIpc) is 2.93. The molecular formula is C31H31ClFeN2O2. The van der Waals surface area contributed by atoms with Crippen molar-refractivity contribution in [3.8, 4) is 0 Å². The summed E-state index contributed by atoms with van der Waals surface area (Å²) in [5.41, 5.74) is 5.33. The number of halogens is 1. The summed E-state index contributed by atoms with van der Waals surface area (Å²) in [5, 5.41) is 0. The summed E-state index contributed by atoms with van der Waals surface area (Å²) in [4.78, 5) is 29.0. The standard InChI is InChI=1S/C19H13NO2.C12H17N.ClH.Fe/c21-18(14-8-3-1-4-9-14)16-12-7-13-17(20-16)19(22)15-10-5-2-6-11-15;1-8(2)10-6-5-7-11(9(3)4)12(10)13;;/h1-13H;5-9H,1-4H3;1H;. The van der Waals surface area contributed by atoms with Gasteiger partial charge in [0.25, 0.3) is 0 Å². The molecule has 37 heavy (non-hydrogen) atoms. The molecule has 192 valence electrons. The van der Waals surface area contributed by atoms with Crippen molar-refractivity contribution in [2.45, 2.75) is 39.5 Å². The van der Waals surface area contributed by atoms with Gasteiger partial charge in [0.05, 0.1) is 0 Å². The van der Waals surface area contributed by atoms with Crippen molar-refractivity contribution in [2.75, 3.05) is 0 Å². The molecule has 3 aromatic carbocycles. The molecule has 0 atom stereocenters. The summed E-state index contributed by atoms with van der Waals surface area (Å²) in [5.74, 6) is 0.634. The Morgan fingerprint density at radius 3 is 1.35 bits per heavy atom. The molecule has 0 fully saturated rings. The van der Waals surface area contributed by atoms with Gasteiger partial charge in [-0.2, -0.15) is 0 Å². The fraction of sp³-hybridized carbons (Fsp3) is 0.194. The summed E-state index contributed by atoms with van der Waals surface area (Å²) in [6.45, 7) is 8.75. The Kier molecular flexibility index (Phi) is 11.7. The van der Waals surface area contributed by atoms with Gasteiger partial charge in [-0.3, -0.25) is 9.59 Å². The number of hydrogen-bond acceptors (Lipinski definition) is 4. The van der Waals surface area contributed by atoms with Crippen LogP contribution in [0.15, 0.2) is 101 Å². The third-order valence-corrected chi connectivity index (χ3v) is 5.95. The second-order valence-electron chi connectivity index (χ2n) is 8.97. The maximum absolute atomic E-state index is 12.4. The molecule has 0 aliphatic rings. The number of aromatic nitrogens is 1. The van der Waals surface area contributed by atoms with Gasteiger partial charge in [-0.05, 0) is 12.1 Å². The summed E-state index contributed by atoms with van der Waals surface area (Å²) < 4.78 is 4.16. The Hall–Kier alpha value is -3.24. The SMILES string of the molecule is CC(C)c1cccc(C(C)C)c1[N]=[Fe].Cl.O=C(c1ccccc1)c1cccc(C(=O)c2ccccc2)n1. The molecule has 0 saturated heterocycles. The number of nitrogens with zero attached hydrogens (tertiary/aromatic N) is 2. The number of carbonyl (C=O) groups excluding carboxylic acids is 2. The van der Waals surface area contributed by atoms with Crippen LogP contribution in [0.5, 0.6) is 0 Å². The third-order valence-electron chi connectivity index (χ3n) is 5.71. The molecule has 0 unspecified atom stereocenters. The van der Waals surface area contributed by atoms with E-state index in [1.54, 1.807) is 66.7 Å². The molecule has 4 aromatic rings. The molecule has 0 aliphatic carbocycles. The predicted molar refractivity (Wildman–Crippen MR) is 148 cm³/mol. The zero-order valence-electron chi connectivity index (χ0n) is 21.4. The van der Waals surface area contributed by atoms with Crippen LogP contribution in [0.3, 0.4) is 0 Å². The monoisotopic (exact) mass is 554 g/mol. The van der Waals surface area contributed by atoms with Crippen LogP contribution < -0.4 is 0 Å². The third kappa shape index (κ3) is 7.87. The van der Waals surface area contributed by atoms with Crippen LogP contribution in [-0.4, -0.2) is 16.6 Å². The van der Waals surface area contributed by atoms with E-state index in [9.17, 15) is 9.59 Å². The normalized spacial score (nSPS) is 10.2. The zero-order chi connectivity index (χ0) is 26.1. The number of hydrogen-bond donors (Lipinski definition) is 0. The minimum Gasteiger partial charge on any atom is -0.287 e. The van der Waals surface area contributed by atoms with Crippen LogP contribution >= 0.6 is 12.4 Å². The molecule has 0 aliphatic heterocycles. The molecule has 1 aromatic heterocycles. The smallest absolute Gasteiger partial charge is 0.211 e. The first-order valence-corrected chi connectivity index (χ1v) is 12.4. The number of carbonyl (C=O) groups is 2. The maximum atomic E-state index is 12.4. The minimum absolute atomic E-state index is 0. The van der Waals surface area contributed by atoms with Gasteiger partial charge in [-0.25, -0.2) is 4.98 Å². The van der Waals surface area contributed by atoms with Crippen molar-refractivity contribution >= 4 is 29.7 Å². The Balaban J connectivity index is 0.000000280. The van der Waals surface area contributed by atoms with Crippen molar-refractivity contribution < 1.29 is 25.4 Å². The van der Waals surface area contributed by atoms with Crippen molar-refractivity contribution in [1.29, 1.82) is 0 Å². The molecular weight excluding hydrogens is 524 g/mol. The largest absolute Gasteiger partial charge is 0.287 e. The van der Waals surface area contributed by atoms with E-state index in [0.29, 0.717) is 23.0 Å². The fourth-order valence-corrected chi connectivity index (χ4v) is 4.05. The van der Waals surface area contributed by atoms with E-state index in [1.165, 1.54) is 11.1 Å². The average molecular weight is 555 g/mol. The molecule has 4 rings (SSSR count). The Morgan fingerprint density at radius 1 is 0.622 bits per heavy atom. The number of benzene rings is 3. The Morgan fingerprint density at radius 2 is 1.00 bits per heavy atom. The topological polar surface area (TPSA) is 59.4 Å². The number of rotatable bonds is 7. The van der Waals surface area contributed by atoms with Crippen molar-refractivity contribution in [2.24, 2.45) is 3.96 Å². The summed E-state index contributed by atoms with van der Waals surface area (Å²) in [6, 6.07) is 29.1. The molecule has 6 heteroatoms. The van der Waals surface area contributed by atoms with Crippen LogP contribution in [0.25, 0.3) is 0 Å². The second kappa shape index (κ2) is 14.5. The zero-order valence-corrected chi connectivity index (χ0v) is 23.3. The van der Waals surface area contributed by atoms with Gasteiger partial charge < -0.3 is 0 Å².